The molecule has 0 bridgehead atoms. The lowest BCUT2D eigenvalue weighted by Gasteiger charge is -2.20. The van der Waals surface area contributed by atoms with E-state index in [1.165, 1.54) is 6.07 Å². The summed E-state index contributed by atoms with van der Waals surface area (Å²) in [6.45, 7) is 7.96. The summed E-state index contributed by atoms with van der Waals surface area (Å²) in [5, 5.41) is 12.3. The zero-order valence-electron chi connectivity index (χ0n) is 10.8. The topological polar surface area (TPSA) is 78.0 Å². The standard InChI is InChI=1S/C12H21N3O2/c1-7(2)9(6-16)13-10-5-11(17)15-12(14-10)8(3)4/h5,7-9,16H,6H2,1-4H3,(H2,13,14,15,17)/t9-/m1/s1. The van der Waals surface area contributed by atoms with Gasteiger partial charge in [-0.05, 0) is 5.92 Å². The summed E-state index contributed by atoms with van der Waals surface area (Å²) >= 11 is 0. The first-order chi connectivity index (χ1) is 7.93. The molecular weight excluding hydrogens is 218 g/mol. The Kier molecular flexibility index (Phi) is 4.69. The van der Waals surface area contributed by atoms with Crippen molar-refractivity contribution in [2.45, 2.75) is 39.7 Å². The third-order valence-corrected chi connectivity index (χ3v) is 2.64. The summed E-state index contributed by atoms with van der Waals surface area (Å²) < 4.78 is 0. The highest BCUT2D eigenvalue weighted by molar-refractivity contribution is 5.34. The summed E-state index contributed by atoms with van der Waals surface area (Å²) in [7, 11) is 0. The van der Waals surface area contributed by atoms with Crippen LogP contribution in [0.1, 0.15) is 39.4 Å². The van der Waals surface area contributed by atoms with Gasteiger partial charge in [0.25, 0.3) is 5.56 Å². The molecule has 0 saturated heterocycles. The Morgan fingerprint density at radius 2 is 2.06 bits per heavy atom. The van der Waals surface area contributed by atoms with Crippen LogP contribution >= 0.6 is 0 Å². The lowest BCUT2D eigenvalue weighted by atomic mass is 10.1. The molecule has 0 unspecified atom stereocenters. The molecule has 1 heterocycles. The van der Waals surface area contributed by atoms with Crippen molar-refractivity contribution in [2.24, 2.45) is 5.92 Å². The highest BCUT2D eigenvalue weighted by Gasteiger charge is 2.13. The molecule has 17 heavy (non-hydrogen) atoms. The van der Waals surface area contributed by atoms with Crippen LogP contribution in [0.2, 0.25) is 0 Å². The first-order valence-electron chi connectivity index (χ1n) is 5.92. The van der Waals surface area contributed by atoms with Gasteiger partial charge in [-0.15, -0.1) is 0 Å². The Labute approximate surface area is 101 Å². The molecule has 1 aromatic rings. The third kappa shape index (κ3) is 3.85. The normalized spacial score (nSPS) is 13.1. The number of aromatic amines is 1. The van der Waals surface area contributed by atoms with E-state index in [9.17, 15) is 9.90 Å². The number of hydrogen-bond donors (Lipinski definition) is 3. The predicted molar refractivity (Wildman–Crippen MR) is 68.3 cm³/mol. The summed E-state index contributed by atoms with van der Waals surface area (Å²) in [6, 6.07) is 1.32. The van der Waals surface area contributed by atoms with E-state index in [1.54, 1.807) is 0 Å². The Morgan fingerprint density at radius 3 is 2.53 bits per heavy atom. The van der Waals surface area contributed by atoms with E-state index in [-0.39, 0.29) is 30.0 Å². The molecule has 0 aliphatic carbocycles. The van der Waals surface area contributed by atoms with Gasteiger partial charge in [0.1, 0.15) is 11.6 Å². The number of hydrogen-bond acceptors (Lipinski definition) is 4. The smallest absolute Gasteiger partial charge is 0.252 e. The quantitative estimate of drug-likeness (QED) is 0.724. The van der Waals surface area contributed by atoms with Gasteiger partial charge < -0.3 is 15.4 Å². The van der Waals surface area contributed by atoms with Crippen LogP contribution in [0.3, 0.4) is 0 Å². The Balaban J connectivity index is 2.94. The molecule has 1 aromatic heterocycles. The minimum Gasteiger partial charge on any atom is -0.394 e. The van der Waals surface area contributed by atoms with Crippen molar-refractivity contribution in [1.82, 2.24) is 9.97 Å². The van der Waals surface area contributed by atoms with E-state index in [0.29, 0.717) is 11.6 Å². The van der Waals surface area contributed by atoms with Crippen molar-refractivity contribution in [1.29, 1.82) is 0 Å². The summed E-state index contributed by atoms with van der Waals surface area (Å²) in [5.41, 5.74) is -0.174. The van der Waals surface area contributed by atoms with Crippen LogP contribution in [0.25, 0.3) is 0 Å². The fraction of sp³-hybridized carbons (Fsp3) is 0.667. The van der Waals surface area contributed by atoms with Crippen molar-refractivity contribution in [2.75, 3.05) is 11.9 Å². The highest BCUT2D eigenvalue weighted by atomic mass is 16.3. The molecule has 0 saturated carbocycles. The summed E-state index contributed by atoms with van der Waals surface area (Å²) in [6.07, 6.45) is 0. The van der Waals surface area contributed by atoms with Crippen molar-refractivity contribution in [3.63, 3.8) is 0 Å². The average molecular weight is 239 g/mol. The second kappa shape index (κ2) is 5.82. The van der Waals surface area contributed by atoms with Gasteiger partial charge in [-0.2, -0.15) is 0 Å². The largest absolute Gasteiger partial charge is 0.394 e. The number of nitrogens with one attached hydrogen (secondary N) is 2. The van der Waals surface area contributed by atoms with Crippen molar-refractivity contribution in [3.8, 4) is 0 Å². The number of aliphatic hydroxyl groups is 1. The second-order valence-corrected chi connectivity index (χ2v) is 4.85. The van der Waals surface area contributed by atoms with E-state index < -0.39 is 0 Å². The van der Waals surface area contributed by atoms with Crippen LogP contribution in [-0.4, -0.2) is 27.7 Å². The maximum absolute atomic E-state index is 11.5. The van der Waals surface area contributed by atoms with Gasteiger partial charge in [-0.1, -0.05) is 27.7 Å². The zero-order chi connectivity index (χ0) is 13.0. The van der Waals surface area contributed by atoms with E-state index in [2.05, 4.69) is 15.3 Å². The van der Waals surface area contributed by atoms with E-state index in [0.717, 1.165) is 0 Å². The molecule has 96 valence electrons. The molecule has 3 N–H and O–H groups in total. The van der Waals surface area contributed by atoms with Crippen molar-refractivity contribution >= 4 is 5.82 Å². The van der Waals surface area contributed by atoms with E-state index >= 15 is 0 Å². The predicted octanol–water partition coefficient (Wildman–Crippen LogP) is 1.32. The molecule has 5 nitrogen and oxygen atoms in total. The Morgan fingerprint density at radius 1 is 1.41 bits per heavy atom. The molecule has 5 heteroatoms. The van der Waals surface area contributed by atoms with Crippen LogP contribution in [0.5, 0.6) is 0 Å². The lowest BCUT2D eigenvalue weighted by Crippen LogP contribution is -2.30. The fourth-order valence-electron chi connectivity index (χ4n) is 1.44. The van der Waals surface area contributed by atoms with Crippen LogP contribution in [0.4, 0.5) is 5.82 Å². The average Bonchev–Trinajstić information content (AvgIpc) is 2.24. The molecule has 0 amide bonds. The second-order valence-electron chi connectivity index (χ2n) is 4.85. The zero-order valence-corrected chi connectivity index (χ0v) is 10.8. The maximum Gasteiger partial charge on any atom is 0.252 e. The molecular formula is C12H21N3O2. The maximum atomic E-state index is 11.5. The van der Waals surface area contributed by atoms with Gasteiger partial charge in [0.05, 0.1) is 12.6 Å². The molecule has 0 spiro atoms. The monoisotopic (exact) mass is 239 g/mol. The highest BCUT2D eigenvalue weighted by Crippen LogP contribution is 2.12. The number of anilines is 1. The SMILES string of the molecule is CC(C)c1nc(N[C@H](CO)C(C)C)cc(=O)[nH]1. The summed E-state index contributed by atoms with van der Waals surface area (Å²) in [5.74, 6) is 1.60. The van der Waals surface area contributed by atoms with Crippen LogP contribution in [-0.2, 0) is 0 Å². The van der Waals surface area contributed by atoms with Gasteiger partial charge in [-0.25, -0.2) is 4.98 Å². The first-order valence-corrected chi connectivity index (χ1v) is 5.92. The van der Waals surface area contributed by atoms with Gasteiger partial charge in [-0.3, -0.25) is 4.79 Å². The number of rotatable bonds is 5. The molecule has 1 atom stereocenters. The van der Waals surface area contributed by atoms with Gasteiger partial charge >= 0.3 is 0 Å². The Bertz CT molecular complexity index is 412. The number of aromatic nitrogens is 2. The molecule has 0 aliphatic heterocycles. The first kappa shape index (κ1) is 13.7. The van der Waals surface area contributed by atoms with Crippen molar-refractivity contribution < 1.29 is 5.11 Å². The molecule has 0 aliphatic rings. The minimum absolute atomic E-state index is 0.0170. The van der Waals surface area contributed by atoms with E-state index in [4.69, 9.17) is 0 Å². The van der Waals surface area contributed by atoms with Crippen molar-refractivity contribution in [3.05, 3.63) is 22.2 Å². The fourth-order valence-corrected chi connectivity index (χ4v) is 1.44. The molecule has 1 rings (SSSR count). The van der Waals surface area contributed by atoms with E-state index in [1.807, 2.05) is 27.7 Å². The third-order valence-electron chi connectivity index (χ3n) is 2.64. The molecule has 0 radical (unpaired) electrons. The van der Waals surface area contributed by atoms with Gasteiger partial charge in [0.15, 0.2) is 0 Å². The van der Waals surface area contributed by atoms with Crippen LogP contribution in [0.15, 0.2) is 10.9 Å². The Hall–Kier alpha value is -1.36. The number of aliphatic hydroxyl groups excluding tert-OH is 1. The van der Waals surface area contributed by atoms with Gasteiger partial charge in [0.2, 0.25) is 0 Å². The van der Waals surface area contributed by atoms with Gasteiger partial charge in [0, 0.05) is 12.0 Å². The number of H-pyrrole nitrogens is 1. The summed E-state index contributed by atoms with van der Waals surface area (Å²) in [4.78, 5) is 18.5. The van der Waals surface area contributed by atoms with Crippen LogP contribution in [0, 0.1) is 5.92 Å². The molecule has 0 aromatic carbocycles. The minimum atomic E-state index is -0.174. The molecule has 0 fully saturated rings. The van der Waals surface area contributed by atoms with Crippen LogP contribution < -0.4 is 10.9 Å². The lowest BCUT2D eigenvalue weighted by molar-refractivity contribution is 0.249. The number of nitrogens with zero attached hydrogens (tertiary/aromatic N) is 1.